The van der Waals surface area contributed by atoms with E-state index in [9.17, 15) is 5.11 Å². The number of aliphatic hydroxyl groups excluding tert-OH is 1. The van der Waals surface area contributed by atoms with Crippen molar-refractivity contribution in [3.05, 3.63) is 35.4 Å². The van der Waals surface area contributed by atoms with Crippen LogP contribution in [0.4, 0.5) is 0 Å². The number of nitrogens with two attached hydrogens (primary N) is 1. The Morgan fingerprint density at radius 1 is 1.32 bits per heavy atom. The highest BCUT2D eigenvalue weighted by Gasteiger charge is 2.40. The van der Waals surface area contributed by atoms with Crippen molar-refractivity contribution in [3.8, 4) is 0 Å². The molecule has 2 nitrogen and oxygen atoms in total. The molecule has 0 spiro atoms. The summed E-state index contributed by atoms with van der Waals surface area (Å²) in [6, 6.07) is 8.26. The zero-order valence-electron chi connectivity index (χ0n) is 12.2. The van der Waals surface area contributed by atoms with Gasteiger partial charge >= 0.3 is 0 Å². The summed E-state index contributed by atoms with van der Waals surface area (Å²) in [7, 11) is 0. The molecule has 1 atom stereocenters. The lowest BCUT2D eigenvalue weighted by atomic mass is 9.65. The van der Waals surface area contributed by atoms with Crippen LogP contribution in [0.2, 0.25) is 0 Å². The molecule has 1 aliphatic carbocycles. The average molecular weight is 261 g/mol. The predicted octanol–water partition coefficient (Wildman–Crippen LogP) is 3.44. The normalized spacial score (nSPS) is 29.2. The molecule has 2 rings (SSSR count). The fraction of sp³-hybridized carbons (Fsp3) is 0.647. The fourth-order valence-corrected chi connectivity index (χ4v) is 3.38. The minimum absolute atomic E-state index is 0.113. The number of hydrogen-bond donors (Lipinski definition) is 2. The maximum atomic E-state index is 10.9. The molecule has 2 heteroatoms. The highest BCUT2D eigenvalue weighted by Crippen LogP contribution is 2.47. The summed E-state index contributed by atoms with van der Waals surface area (Å²) in [5.41, 5.74) is 8.28. The van der Waals surface area contributed by atoms with Gasteiger partial charge < -0.3 is 10.8 Å². The largest absolute Gasteiger partial charge is 0.388 e. The third kappa shape index (κ3) is 2.85. The Morgan fingerprint density at radius 3 is 2.53 bits per heavy atom. The number of aryl methyl sites for hydroxylation is 1. The molecule has 0 aliphatic heterocycles. The summed E-state index contributed by atoms with van der Waals surface area (Å²) in [6.45, 7) is 5.02. The highest BCUT2D eigenvalue weighted by atomic mass is 16.3. The molecule has 106 valence electrons. The summed E-state index contributed by atoms with van der Waals surface area (Å²) < 4.78 is 0. The summed E-state index contributed by atoms with van der Waals surface area (Å²) >= 11 is 0. The maximum absolute atomic E-state index is 10.9. The van der Waals surface area contributed by atoms with Crippen LogP contribution < -0.4 is 5.73 Å². The summed E-state index contributed by atoms with van der Waals surface area (Å²) in [5, 5.41) is 10.9. The first-order valence-electron chi connectivity index (χ1n) is 7.59. The van der Waals surface area contributed by atoms with Crippen LogP contribution in [0.15, 0.2) is 24.3 Å². The quantitative estimate of drug-likeness (QED) is 0.872. The van der Waals surface area contributed by atoms with Crippen LogP contribution in [0.1, 0.15) is 56.8 Å². The third-order valence-corrected chi connectivity index (χ3v) is 4.99. The van der Waals surface area contributed by atoms with E-state index >= 15 is 0 Å². The van der Waals surface area contributed by atoms with Crippen molar-refractivity contribution in [2.24, 2.45) is 17.1 Å². The third-order valence-electron chi connectivity index (χ3n) is 4.99. The van der Waals surface area contributed by atoms with Gasteiger partial charge in [-0.15, -0.1) is 0 Å². The maximum Gasteiger partial charge on any atom is 0.0860 e. The zero-order chi connectivity index (χ0) is 13.9. The van der Waals surface area contributed by atoms with E-state index in [2.05, 4.69) is 26.0 Å². The second-order valence-corrected chi connectivity index (χ2v) is 6.20. The van der Waals surface area contributed by atoms with Crippen molar-refractivity contribution < 1.29 is 5.11 Å². The minimum Gasteiger partial charge on any atom is -0.388 e. The van der Waals surface area contributed by atoms with E-state index in [1.807, 2.05) is 12.1 Å². The van der Waals surface area contributed by atoms with Crippen molar-refractivity contribution in [2.75, 3.05) is 6.54 Å². The Bertz CT molecular complexity index is 407. The molecule has 3 N–H and O–H groups in total. The minimum atomic E-state index is -0.416. The molecule has 1 fully saturated rings. The first-order valence-corrected chi connectivity index (χ1v) is 7.59. The van der Waals surface area contributed by atoms with Gasteiger partial charge in [-0.05, 0) is 36.3 Å². The first kappa shape index (κ1) is 14.5. The molecule has 1 unspecified atom stereocenters. The molecule has 0 radical (unpaired) electrons. The Labute approximate surface area is 117 Å². The van der Waals surface area contributed by atoms with Gasteiger partial charge in [-0.1, -0.05) is 51.0 Å². The van der Waals surface area contributed by atoms with E-state index in [1.54, 1.807) is 0 Å². The number of benzene rings is 1. The molecule has 0 amide bonds. The molecular weight excluding hydrogens is 234 g/mol. The van der Waals surface area contributed by atoms with Crippen LogP contribution in [0, 0.1) is 11.3 Å². The lowest BCUT2D eigenvalue weighted by Crippen LogP contribution is -2.40. The van der Waals surface area contributed by atoms with E-state index < -0.39 is 6.10 Å². The van der Waals surface area contributed by atoms with Crippen LogP contribution in [0.25, 0.3) is 0 Å². The van der Waals surface area contributed by atoms with Gasteiger partial charge in [0.25, 0.3) is 0 Å². The van der Waals surface area contributed by atoms with Crippen LogP contribution in [-0.2, 0) is 6.42 Å². The van der Waals surface area contributed by atoms with Crippen LogP contribution in [0.3, 0.4) is 0 Å². The van der Waals surface area contributed by atoms with E-state index in [4.69, 9.17) is 5.73 Å². The molecule has 1 saturated carbocycles. The second kappa shape index (κ2) is 6.06. The van der Waals surface area contributed by atoms with Crippen LogP contribution >= 0.6 is 0 Å². The summed E-state index contributed by atoms with van der Waals surface area (Å²) in [4.78, 5) is 0. The first-order chi connectivity index (χ1) is 9.13. The molecule has 1 aromatic carbocycles. The van der Waals surface area contributed by atoms with Crippen molar-refractivity contribution in [2.45, 2.75) is 52.1 Å². The van der Waals surface area contributed by atoms with Gasteiger partial charge in [0.2, 0.25) is 0 Å². The highest BCUT2D eigenvalue weighted by molar-refractivity contribution is 5.30. The molecule has 19 heavy (non-hydrogen) atoms. The lowest BCUT2D eigenvalue weighted by Gasteiger charge is -2.42. The molecular formula is C17H27NO. The molecule has 0 bridgehead atoms. The number of hydrogen-bond acceptors (Lipinski definition) is 2. The Hall–Kier alpha value is -0.860. The Balaban J connectivity index is 2.27. The molecule has 0 aromatic heterocycles. The van der Waals surface area contributed by atoms with E-state index in [0.717, 1.165) is 30.7 Å². The van der Waals surface area contributed by atoms with E-state index in [-0.39, 0.29) is 5.41 Å². The number of rotatable bonds is 4. The summed E-state index contributed by atoms with van der Waals surface area (Å²) in [5.74, 6) is 0.772. The Morgan fingerprint density at radius 2 is 1.95 bits per heavy atom. The van der Waals surface area contributed by atoms with Gasteiger partial charge in [0.05, 0.1) is 6.10 Å². The van der Waals surface area contributed by atoms with Gasteiger partial charge in [-0.3, -0.25) is 0 Å². The predicted molar refractivity (Wildman–Crippen MR) is 79.9 cm³/mol. The van der Waals surface area contributed by atoms with Gasteiger partial charge in [-0.25, -0.2) is 0 Å². The van der Waals surface area contributed by atoms with Crippen molar-refractivity contribution in [1.82, 2.24) is 0 Å². The van der Waals surface area contributed by atoms with E-state index in [0.29, 0.717) is 6.54 Å². The van der Waals surface area contributed by atoms with Crippen molar-refractivity contribution >= 4 is 0 Å². The average Bonchev–Trinajstić information content (AvgIpc) is 2.47. The van der Waals surface area contributed by atoms with Crippen molar-refractivity contribution in [3.63, 3.8) is 0 Å². The monoisotopic (exact) mass is 261 g/mol. The van der Waals surface area contributed by atoms with Gasteiger partial charge in [0.1, 0.15) is 0 Å². The summed E-state index contributed by atoms with van der Waals surface area (Å²) in [6.07, 6.45) is 5.00. The molecule has 1 aromatic rings. The standard InChI is InChI=1S/C17H27NO/c1-3-14-6-4-5-7-15(14)16(19)17(12-18)10-8-13(2)9-11-17/h4-7,13,16,19H,3,8-12,18H2,1-2H3. The van der Waals surface area contributed by atoms with Gasteiger partial charge in [0.15, 0.2) is 0 Å². The SMILES string of the molecule is CCc1ccccc1C(O)C1(CN)CCC(C)CC1. The van der Waals surface area contributed by atoms with Crippen LogP contribution in [0.5, 0.6) is 0 Å². The van der Waals surface area contributed by atoms with Gasteiger partial charge in [-0.2, -0.15) is 0 Å². The van der Waals surface area contributed by atoms with Gasteiger partial charge in [0, 0.05) is 12.0 Å². The second-order valence-electron chi connectivity index (χ2n) is 6.20. The molecule has 0 heterocycles. The zero-order valence-corrected chi connectivity index (χ0v) is 12.2. The van der Waals surface area contributed by atoms with Crippen molar-refractivity contribution in [1.29, 1.82) is 0 Å². The topological polar surface area (TPSA) is 46.2 Å². The van der Waals surface area contributed by atoms with Crippen LogP contribution in [-0.4, -0.2) is 11.7 Å². The molecule has 0 saturated heterocycles. The number of aliphatic hydroxyl groups is 1. The molecule has 1 aliphatic rings. The Kier molecular flexibility index (Phi) is 4.64. The fourth-order valence-electron chi connectivity index (χ4n) is 3.38. The smallest absolute Gasteiger partial charge is 0.0860 e. The van der Waals surface area contributed by atoms with E-state index in [1.165, 1.54) is 18.4 Å². The lowest BCUT2D eigenvalue weighted by molar-refractivity contribution is -0.00867.